The first-order valence-electron chi connectivity index (χ1n) is 15.9. The van der Waals surface area contributed by atoms with E-state index in [0.29, 0.717) is 37.9 Å². The van der Waals surface area contributed by atoms with E-state index in [1.54, 1.807) is 0 Å². The van der Waals surface area contributed by atoms with Crippen molar-refractivity contribution >= 4 is 11.6 Å². The van der Waals surface area contributed by atoms with Gasteiger partial charge in [-0.2, -0.15) is 0 Å². The van der Waals surface area contributed by atoms with Crippen LogP contribution in [0.4, 0.5) is 0 Å². The summed E-state index contributed by atoms with van der Waals surface area (Å²) in [5.41, 5.74) is -1.21. The van der Waals surface area contributed by atoms with Crippen molar-refractivity contribution in [3.63, 3.8) is 0 Å². The number of Topliss-reactive ketones (excluding diaryl/α,β-unsaturated/α-hetero) is 2. The number of fused-ring (bicyclic) bond motifs is 1. The molecule has 1 aliphatic heterocycles. The van der Waals surface area contributed by atoms with Crippen molar-refractivity contribution in [2.75, 3.05) is 0 Å². The summed E-state index contributed by atoms with van der Waals surface area (Å²) in [6.07, 6.45) is 9.38. The number of carbonyl (C=O) groups is 2. The van der Waals surface area contributed by atoms with Crippen molar-refractivity contribution in [3.05, 3.63) is 70.0 Å². The number of ether oxygens (including phenoxy) is 1. The Morgan fingerprint density at radius 3 is 2.05 bits per heavy atom. The zero-order valence-corrected chi connectivity index (χ0v) is 28.4. The molecule has 2 fully saturated rings. The SMILES string of the molecule is CC(C)=CC[C@H]1C[C@]23C[C@@](O)(CC=C(C)C)C(C)(C)[C@](CC=C(C)C)(C2)C(=O)C(C(=O)c2ccc(O)c(O)c2)=C3OC1(C)C. The van der Waals surface area contributed by atoms with E-state index in [1.165, 1.54) is 23.8 Å². The molecule has 1 aromatic rings. The molecule has 0 radical (unpaired) electrons. The van der Waals surface area contributed by atoms with Crippen molar-refractivity contribution in [1.29, 1.82) is 0 Å². The molecule has 6 heteroatoms. The van der Waals surface area contributed by atoms with Crippen molar-refractivity contribution in [3.8, 4) is 11.5 Å². The van der Waals surface area contributed by atoms with Crippen LogP contribution >= 0.6 is 0 Å². The molecule has 2 bridgehead atoms. The molecule has 2 aliphatic carbocycles. The van der Waals surface area contributed by atoms with Gasteiger partial charge in [-0.25, -0.2) is 0 Å². The number of hydrogen-bond donors (Lipinski definition) is 3. The topological polar surface area (TPSA) is 104 Å². The lowest BCUT2D eigenvalue weighted by Gasteiger charge is -2.67. The quantitative estimate of drug-likeness (QED) is 0.119. The molecule has 0 amide bonds. The van der Waals surface area contributed by atoms with Gasteiger partial charge in [0.2, 0.25) is 0 Å². The number of benzene rings is 1. The van der Waals surface area contributed by atoms with Crippen molar-refractivity contribution < 1.29 is 29.6 Å². The third-order valence-corrected chi connectivity index (χ3v) is 11.0. The molecule has 240 valence electrons. The molecule has 44 heavy (non-hydrogen) atoms. The number of phenolic OH excluding ortho intramolecular Hbond substituents is 2. The Kier molecular flexibility index (Phi) is 8.71. The molecule has 1 heterocycles. The summed E-state index contributed by atoms with van der Waals surface area (Å²) in [7, 11) is 0. The third kappa shape index (κ3) is 5.48. The normalized spacial score (nSPS) is 30.1. The van der Waals surface area contributed by atoms with Crippen LogP contribution in [-0.2, 0) is 9.53 Å². The molecule has 4 atom stereocenters. The highest BCUT2D eigenvalue weighted by Gasteiger charge is 2.73. The molecule has 4 rings (SSSR count). The van der Waals surface area contributed by atoms with Crippen LogP contribution in [0, 0.1) is 22.2 Å². The first-order chi connectivity index (χ1) is 20.2. The lowest BCUT2D eigenvalue weighted by Crippen LogP contribution is -2.69. The molecular formula is C38H52O6. The molecule has 0 unspecified atom stereocenters. The van der Waals surface area contributed by atoms with Crippen LogP contribution in [0.25, 0.3) is 0 Å². The summed E-state index contributed by atoms with van der Waals surface area (Å²) in [5.74, 6) is -1.17. The van der Waals surface area contributed by atoms with Crippen LogP contribution in [-0.4, -0.2) is 38.1 Å². The van der Waals surface area contributed by atoms with Crippen LogP contribution in [0.5, 0.6) is 11.5 Å². The van der Waals surface area contributed by atoms with Gasteiger partial charge >= 0.3 is 0 Å². The Hall–Kier alpha value is -3.12. The highest BCUT2D eigenvalue weighted by molar-refractivity contribution is 6.29. The average Bonchev–Trinajstić information content (AvgIpc) is 2.91. The van der Waals surface area contributed by atoms with Crippen LogP contribution in [0.1, 0.15) is 118 Å². The van der Waals surface area contributed by atoms with Gasteiger partial charge in [-0.3, -0.25) is 9.59 Å². The second-order valence-corrected chi connectivity index (χ2v) is 15.5. The number of aliphatic hydroxyl groups is 1. The predicted molar refractivity (Wildman–Crippen MR) is 174 cm³/mol. The fourth-order valence-corrected chi connectivity index (χ4v) is 7.94. The maximum absolute atomic E-state index is 15.2. The first-order valence-corrected chi connectivity index (χ1v) is 15.9. The number of ketones is 2. The maximum Gasteiger partial charge on any atom is 0.200 e. The summed E-state index contributed by atoms with van der Waals surface area (Å²) >= 11 is 0. The van der Waals surface area contributed by atoms with E-state index in [1.807, 2.05) is 55.4 Å². The van der Waals surface area contributed by atoms with E-state index < -0.39 is 39.0 Å². The Morgan fingerprint density at radius 2 is 1.48 bits per heavy atom. The highest BCUT2D eigenvalue weighted by Crippen LogP contribution is 2.72. The Balaban J connectivity index is 2.08. The zero-order valence-electron chi connectivity index (χ0n) is 28.4. The van der Waals surface area contributed by atoms with Crippen LogP contribution in [0.3, 0.4) is 0 Å². The number of phenols is 2. The summed E-state index contributed by atoms with van der Waals surface area (Å²) in [5, 5.41) is 33.1. The van der Waals surface area contributed by atoms with Gasteiger partial charge < -0.3 is 20.1 Å². The first kappa shape index (κ1) is 33.8. The van der Waals surface area contributed by atoms with Gasteiger partial charge in [0.15, 0.2) is 23.1 Å². The summed E-state index contributed by atoms with van der Waals surface area (Å²) < 4.78 is 6.89. The minimum absolute atomic E-state index is 0.00887. The molecular weight excluding hydrogens is 552 g/mol. The summed E-state index contributed by atoms with van der Waals surface area (Å²) in [6, 6.07) is 3.90. The van der Waals surface area contributed by atoms with E-state index in [4.69, 9.17) is 4.74 Å². The molecule has 6 nitrogen and oxygen atoms in total. The lowest BCUT2D eigenvalue weighted by molar-refractivity contribution is -0.232. The van der Waals surface area contributed by atoms with Gasteiger partial charge in [-0.15, -0.1) is 0 Å². The summed E-state index contributed by atoms with van der Waals surface area (Å²) in [6.45, 7) is 20.2. The maximum atomic E-state index is 15.2. The minimum Gasteiger partial charge on any atom is -0.504 e. The molecule has 1 saturated carbocycles. The Bertz CT molecular complexity index is 1470. The van der Waals surface area contributed by atoms with Crippen molar-refractivity contribution in [2.45, 2.75) is 119 Å². The predicted octanol–water partition coefficient (Wildman–Crippen LogP) is 8.53. The van der Waals surface area contributed by atoms with E-state index in [2.05, 4.69) is 32.1 Å². The van der Waals surface area contributed by atoms with E-state index >= 15 is 4.79 Å². The number of hydrogen-bond acceptors (Lipinski definition) is 6. The highest BCUT2D eigenvalue weighted by atomic mass is 16.5. The van der Waals surface area contributed by atoms with Crippen molar-refractivity contribution in [1.82, 2.24) is 0 Å². The Morgan fingerprint density at radius 1 is 0.886 bits per heavy atom. The van der Waals surface area contributed by atoms with E-state index in [0.717, 1.165) is 17.6 Å². The van der Waals surface area contributed by atoms with Crippen LogP contribution in [0.15, 0.2) is 64.5 Å². The number of aromatic hydroxyl groups is 2. The third-order valence-electron chi connectivity index (χ3n) is 11.0. The standard InChI is InChI=1S/C38H52O6/c1-23(2)11-13-27-20-36-21-37(17-15-24(3)4,35(9,10)38(43,22-36)18-16-25(5)6)32(42)30(33(36)44-34(27,7)8)31(41)26-12-14-28(39)29(40)19-26/h11-12,14-16,19,27,39-40,43H,13,17-18,20-22H2,1-10H3/t27-,36+,37+,38-/m0/s1. The van der Waals surface area contributed by atoms with Crippen LogP contribution < -0.4 is 0 Å². The summed E-state index contributed by atoms with van der Waals surface area (Å²) in [4.78, 5) is 29.7. The zero-order chi connectivity index (χ0) is 33.0. The fraction of sp³-hybridized carbons (Fsp3) is 0.579. The van der Waals surface area contributed by atoms with Gasteiger partial charge in [0, 0.05) is 27.7 Å². The molecule has 3 aliphatic rings. The van der Waals surface area contributed by atoms with Crippen LogP contribution in [0.2, 0.25) is 0 Å². The second kappa shape index (κ2) is 11.3. The van der Waals surface area contributed by atoms with E-state index in [9.17, 15) is 20.1 Å². The lowest BCUT2D eigenvalue weighted by atomic mass is 9.38. The smallest absolute Gasteiger partial charge is 0.200 e. The fourth-order valence-electron chi connectivity index (χ4n) is 7.94. The number of allylic oxidation sites excluding steroid dienone is 7. The molecule has 1 spiro atoms. The van der Waals surface area contributed by atoms with E-state index in [-0.39, 0.29) is 28.6 Å². The monoisotopic (exact) mass is 604 g/mol. The minimum atomic E-state index is -1.25. The molecule has 3 N–H and O–H groups in total. The van der Waals surface area contributed by atoms with Gasteiger partial charge in [-0.05, 0) is 112 Å². The largest absolute Gasteiger partial charge is 0.504 e. The van der Waals surface area contributed by atoms with Gasteiger partial charge in [-0.1, -0.05) is 48.8 Å². The van der Waals surface area contributed by atoms with Gasteiger partial charge in [0.25, 0.3) is 0 Å². The van der Waals surface area contributed by atoms with Gasteiger partial charge in [0.05, 0.1) is 5.60 Å². The van der Waals surface area contributed by atoms with Gasteiger partial charge in [0.1, 0.15) is 16.9 Å². The molecule has 0 aromatic heterocycles. The number of rotatable bonds is 8. The molecule has 1 saturated heterocycles. The number of carbonyl (C=O) groups excluding carboxylic acids is 2. The van der Waals surface area contributed by atoms with Crippen molar-refractivity contribution in [2.24, 2.45) is 22.2 Å². The molecule has 1 aromatic carbocycles. The Labute approximate surface area is 263 Å². The average molecular weight is 605 g/mol. The second-order valence-electron chi connectivity index (χ2n) is 15.5.